The number of amides is 4. The van der Waals surface area contributed by atoms with Gasteiger partial charge < -0.3 is 44.4 Å². The van der Waals surface area contributed by atoms with E-state index in [1.807, 2.05) is 143 Å². The molecule has 9 aromatic rings. The summed E-state index contributed by atoms with van der Waals surface area (Å²) in [6.07, 6.45) is 9.80. The number of rotatable bonds is 17. The van der Waals surface area contributed by atoms with E-state index in [1.165, 1.54) is 32.4 Å². The highest BCUT2D eigenvalue weighted by atomic mass is 35.5. The number of carbonyl (C=O) groups excluding carboxylic acids is 7. The van der Waals surface area contributed by atoms with Crippen LogP contribution in [0.3, 0.4) is 0 Å². The van der Waals surface area contributed by atoms with E-state index in [2.05, 4.69) is 45.5 Å². The molecule has 24 nitrogen and oxygen atoms in total. The molecule has 544 valence electrons. The zero-order valence-electron chi connectivity index (χ0n) is 58.2. The molecule has 0 bridgehead atoms. The smallest absolute Gasteiger partial charge is 0.379 e. The number of ketones is 2. The van der Waals surface area contributed by atoms with Crippen molar-refractivity contribution in [2.24, 2.45) is 0 Å². The molecule has 2 aliphatic carbocycles. The molecule has 7 heterocycles. The molecule has 2 unspecified atom stereocenters. The first-order chi connectivity index (χ1) is 50.5. The van der Waals surface area contributed by atoms with Crippen LogP contribution in [0.2, 0.25) is 10.0 Å². The Morgan fingerprint density at radius 2 is 0.819 bits per heavy atom. The van der Waals surface area contributed by atoms with Crippen molar-refractivity contribution < 1.29 is 47.8 Å². The largest absolute Gasteiger partial charge is 0.494 e. The number of Topliss-reactive ketones (excluding diaryl/α,β-unsaturated/α-hetero) is 2. The monoisotopic (exact) mass is 1510 g/mol. The molecule has 3 aliphatic heterocycles. The summed E-state index contributed by atoms with van der Waals surface area (Å²) in [6.45, 7) is 11.6. The number of methoxy groups -OCH3 is 3. The van der Waals surface area contributed by atoms with Gasteiger partial charge in [0.05, 0.1) is 33.7 Å². The van der Waals surface area contributed by atoms with Gasteiger partial charge in [0.15, 0.2) is 11.6 Å². The second-order valence-electron chi connectivity index (χ2n) is 24.2. The second-order valence-corrected chi connectivity index (χ2v) is 27.2. The van der Waals surface area contributed by atoms with Gasteiger partial charge in [0, 0.05) is 172 Å². The average Bonchev–Trinajstić information content (AvgIpc) is 1.61. The Morgan fingerprint density at radius 1 is 0.467 bits per heavy atom. The van der Waals surface area contributed by atoms with E-state index in [0.29, 0.717) is 86.1 Å². The Kier molecular flexibility index (Phi) is 27.4. The molecule has 3 fully saturated rings. The summed E-state index contributed by atoms with van der Waals surface area (Å²) in [5.41, 5.74) is 5.19. The Labute approximate surface area is 632 Å². The summed E-state index contributed by atoms with van der Waals surface area (Å²) in [5.74, 6) is 0.894. The van der Waals surface area contributed by atoms with E-state index in [9.17, 15) is 33.6 Å². The molecule has 2 N–H and O–H groups in total. The lowest BCUT2D eigenvalue weighted by Gasteiger charge is -2.34. The minimum absolute atomic E-state index is 0. The first-order valence-electron chi connectivity index (χ1n) is 33.5. The number of aryl methyl sites for hydroxylation is 2. The van der Waals surface area contributed by atoms with Crippen molar-refractivity contribution in [3.8, 4) is 23.1 Å². The number of hydrogen-bond acceptors (Lipinski definition) is 20. The Hall–Kier alpha value is -10.1. The predicted molar refractivity (Wildman–Crippen MR) is 405 cm³/mol. The van der Waals surface area contributed by atoms with Gasteiger partial charge in [0.2, 0.25) is 0 Å². The van der Waals surface area contributed by atoms with Crippen molar-refractivity contribution in [3.05, 3.63) is 237 Å². The SMILES string of the molecule is COC(=O)C(=O)C1=CC(CSc2ccc(Cl)cc2)c2c(-n3cnc(C)n3)ncc(OC)c21.COc1cnc(-n2cnc(C)n2)c2c1C(C(=O)C(=O)N1CCN(C(=O)c3ccccc3)CC1)=CC2CSc1ccc(Cl)cc1.Cl.O=C(c1ccccc1)N1CCNCC1.O=C(c1ccccc1)N1CCNCC1. The van der Waals surface area contributed by atoms with Crippen LogP contribution in [-0.4, -0.2) is 212 Å². The lowest BCUT2D eigenvalue weighted by molar-refractivity contribution is -0.149. The summed E-state index contributed by atoms with van der Waals surface area (Å²) in [7, 11) is 4.18. The second kappa shape index (κ2) is 37.1. The number of ether oxygens (including phenoxy) is 3. The van der Waals surface area contributed by atoms with E-state index in [4.69, 9.17) is 32.7 Å². The third kappa shape index (κ3) is 19.1. The molecule has 14 rings (SSSR count). The van der Waals surface area contributed by atoms with Gasteiger partial charge in [0.25, 0.3) is 35.2 Å². The summed E-state index contributed by atoms with van der Waals surface area (Å²) < 4.78 is 19.0. The van der Waals surface area contributed by atoms with Crippen LogP contribution in [0.15, 0.2) is 187 Å². The number of nitrogens with zero attached hydrogens (tertiary/aromatic N) is 12. The molecule has 5 aliphatic rings. The van der Waals surface area contributed by atoms with E-state index in [0.717, 1.165) is 84.4 Å². The van der Waals surface area contributed by atoms with E-state index >= 15 is 0 Å². The molecule has 0 spiro atoms. The molecule has 2 atom stereocenters. The minimum Gasteiger partial charge on any atom is -0.494 e. The van der Waals surface area contributed by atoms with Gasteiger partial charge in [0.1, 0.15) is 35.8 Å². The molecule has 4 amide bonds. The normalized spacial score (nSPS) is 15.6. The molecule has 29 heteroatoms. The number of fused-ring (bicyclic) bond motifs is 2. The van der Waals surface area contributed by atoms with Gasteiger partial charge in [-0.25, -0.2) is 34.1 Å². The zero-order chi connectivity index (χ0) is 73.2. The maximum Gasteiger partial charge on any atom is 0.379 e. The minimum atomic E-state index is -0.940. The highest BCUT2D eigenvalue weighted by molar-refractivity contribution is 7.99. The topological polar surface area (TPSA) is 271 Å². The first-order valence-corrected chi connectivity index (χ1v) is 36.3. The molecule has 105 heavy (non-hydrogen) atoms. The Balaban J connectivity index is 0.000000167. The van der Waals surface area contributed by atoms with Crippen LogP contribution in [0.1, 0.15) is 76.8 Å². The fourth-order valence-corrected chi connectivity index (χ4v) is 14.4. The Bertz CT molecular complexity index is 4550. The van der Waals surface area contributed by atoms with Crippen molar-refractivity contribution >= 4 is 111 Å². The molecule has 4 aromatic heterocycles. The number of halogens is 3. The lowest BCUT2D eigenvalue weighted by atomic mass is 9.99. The van der Waals surface area contributed by atoms with Crippen LogP contribution < -0.4 is 20.1 Å². The van der Waals surface area contributed by atoms with Crippen LogP contribution in [0, 0.1) is 13.8 Å². The van der Waals surface area contributed by atoms with Gasteiger partial charge in [-0.15, -0.1) is 35.9 Å². The number of aromatic nitrogens is 8. The highest BCUT2D eigenvalue weighted by Gasteiger charge is 2.40. The summed E-state index contributed by atoms with van der Waals surface area (Å²) >= 11 is 15.3. The van der Waals surface area contributed by atoms with Gasteiger partial charge in [-0.05, 0) is 98.8 Å². The Morgan fingerprint density at radius 3 is 1.16 bits per heavy atom. The quantitative estimate of drug-likeness (QED) is 0.0487. The van der Waals surface area contributed by atoms with Gasteiger partial charge in [-0.1, -0.05) is 90.0 Å². The van der Waals surface area contributed by atoms with Gasteiger partial charge >= 0.3 is 5.97 Å². The van der Waals surface area contributed by atoms with Crippen molar-refractivity contribution in [2.75, 3.05) is 111 Å². The summed E-state index contributed by atoms with van der Waals surface area (Å²) in [6, 6.07) is 43.0. The van der Waals surface area contributed by atoms with Gasteiger partial charge in [-0.3, -0.25) is 28.8 Å². The van der Waals surface area contributed by atoms with Crippen LogP contribution in [0.4, 0.5) is 0 Å². The van der Waals surface area contributed by atoms with E-state index in [-0.39, 0.29) is 66.2 Å². The third-order valence-electron chi connectivity index (χ3n) is 17.5. The van der Waals surface area contributed by atoms with Crippen LogP contribution in [0.5, 0.6) is 11.5 Å². The van der Waals surface area contributed by atoms with E-state index in [1.54, 1.807) is 88.7 Å². The van der Waals surface area contributed by atoms with Crippen molar-refractivity contribution in [1.29, 1.82) is 0 Å². The van der Waals surface area contributed by atoms with Crippen LogP contribution in [0.25, 0.3) is 22.8 Å². The first kappa shape index (κ1) is 77.6. The predicted octanol–water partition coefficient (Wildman–Crippen LogP) is 9.99. The van der Waals surface area contributed by atoms with E-state index < -0.39 is 23.4 Å². The van der Waals surface area contributed by atoms with Crippen LogP contribution >= 0.6 is 59.1 Å². The standard InChI is InChI=1S/C32H29ClN6O4S.C22H19ClN4O4S.2C11H14N2O.ClH/c1-20-35-19-39(36-20)30-27-22(18-44-24-10-8-23(33)9-11-24)16-25(28(27)26(43-2)17-34-30)29(40)32(42)38-14-12-37(13-15-38)31(41)21-6-4-3-5-7-21;1-12-25-11-27(26-12)21-18-13(10-32-15-6-4-14(23)5-7-15)8-16(20(28)22(29)31-3)19(18)17(30-2)9-24-21;2*14-11(10-4-2-1-3-5-10)13-8-6-12-7-9-13;/h3-11,16-17,19,22H,12-15,18H2,1-2H3;4-9,11,13H,10H2,1-3H3;2*1-5,12H,6-9H2;1H. The number of hydrogen-bond donors (Lipinski definition) is 2. The number of thioether (sulfide) groups is 2. The number of carbonyl (C=O) groups is 7. The van der Waals surface area contributed by atoms with Crippen LogP contribution in [-0.2, 0) is 23.9 Å². The number of piperazine rings is 3. The molecule has 0 saturated carbocycles. The number of benzene rings is 5. The molecular weight excluding hydrogens is 1440 g/mol. The van der Waals surface area contributed by atoms with Crippen molar-refractivity contribution in [1.82, 2.24) is 69.7 Å². The number of esters is 1. The maximum absolute atomic E-state index is 13.9. The summed E-state index contributed by atoms with van der Waals surface area (Å²) in [4.78, 5) is 116. The number of pyridine rings is 2. The lowest BCUT2D eigenvalue weighted by Crippen LogP contribution is -2.52. The summed E-state index contributed by atoms with van der Waals surface area (Å²) in [5, 5.41) is 16.6. The molecular formula is C76H77Cl3N14O10S2. The number of allylic oxidation sites excluding steroid dienone is 2. The third-order valence-corrected chi connectivity index (χ3v) is 20.3. The molecule has 5 aromatic carbocycles. The maximum atomic E-state index is 13.9. The van der Waals surface area contributed by atoms with Crippen molar-refractivity contribution in [2.45, 2.75) is 35.5 Å². The fourth-order valence-electron chi connectivity index (χ4n) is 12.2. The zero-order valence-corrected chi connectivity index (χ0v) is 62.2. The highest BCUT2D eigenvalue weighted by Crippen LogP contribution is 2.48. The van der Waals surface area contributed by atoms with Crippen molar-refractivity contribution in [3.63, 3.8) is 0 Å². The average molecular weight is 1520 g/mol. The molecule has 3 saturated heterocycles. The van der Waals surface area contributed by atoms with Gasteiger partial charge in [-0.2, -0.15) is 10.2 Å². The number of nitrogens with one attached hydrogen (secondary N) is 2. The fraction of sp³-hybridized carbons (Fsp3) is 0.276. The molecule has 0 radical (unpaired) electrons.